The summed E-state index contributed by atoms with van der Waals surface area (Å²) in [6.45, 7) is 0.610. The van der Waals surface area contributed by atoms with Gasteiger partial charge in [-0.15, -0.1) is 5.10 Å². The summed E-state index contributed by atoms with van der Waals surface area (Å²) in [5, 5.41) is 15.7. The normalized spacial score (nSPS) is 10.5. The molecular weight excluding hydrogens is 362 g/mol. The first-order valence-corrected chi connectivity index (χ1v) is 8.97. The molecule has 3 aromatic heterocycles. The van der Waals surface area contributed by atoms with Crippen molar-refractivity contribution in [3.05, 3.63) is 72.1 Å². The van der Waals surface area contributed by atoms with Gasteiger partial charge in [0.05, 0.1) is 18.4 Å². The average molecular weight is 377 g/mol. The Morgan fingerprint density at radius 2 is 1.81 bits per heavy atom. The number of amides is 2. The second kappa shape index (κ2) is 7.75. The highest BCUT2D eigenvalue weighted by Crippen LogP contribution is 2.20. The maximum absolute atomic E-state index is 12.2. The predicted molar refractivity (Wildman–Crippen MR) is 104 cm³/mol. The Morgan fingerprint density at radius 3 is 2.56 bits per heavy atom. The molecule has 8 nitrogen and oxygen atoms in total. The van der Waals surface area contributed by atoms with Crippen LogP contribution in [0.5, 0.6) is 0 Å². The third-order valence-electron chi connectivity index (χ3n) is 3.78. The molecule has 134 valence electrons. The Hall–Kier alpha value is -3.59. The fourth-order valence-corrected chi connectivity index (χ4v) is 2.96. The highest BCUT2D eigenvalue weighted by molar-refractivity contribution is 7.03. The van der Waals surface area contributed by atoms with Gasteiger partial charge in [0.15, 0.2) is 0 Å². The van der Waals surface area contributed by atoms with Crippen LogP contribution in [0.15, 0.2) is 66.6 Å². The summed E-state index contributed by atoms with van der Waals surface area (Å²) < 4.78 is 5.60. The lowest BCUT2D eigenvalue weighted by atomic mass is 10.1. The van der Waals surface area contributed by atoms with Gasteiger partial charge in [-0.3, -0.25) is 9.67 Å². The SMILES string of the molecule is O=C(Nc1ccc(-c2csnn2)cc1)Nc1cnn(Cc2ccncc2)c1. The molecule has 0 saturated heterocycles. The topological polar surface area (TPSA) is 97.6 Å². The van der Waals surface area contributed by atoms with Crippen molar-refractivity contribution < 1.29 is 4.79 Å². The molecule has 3 heterocycles. The molecule has 0 unspecified atom stereocenters. The molecule has 0 fully saturated rings. The molecule has 2 N–H and O–H groups in total. The van der Waals surface area contributed by atoms with Crippen LogP contribution in [0.4, 0.5) is 16.2 Å². The molecule has 0 bridgehead atoms. The van der Waals surface area contributed by atoms with Crippen molar-refractivity contribution in [2.45, 2.75) is 6.54 Å². The molecule has 2 amide bonds. The van der Waals surface area contributed by atoms with E-state index in [9.17, 15) is 4.79 Å². The van der Waals surface area contributed by atoms with Crippen LogP contribution in [0.3, 0.4) is 0 Å². The zero-order valence-corrected chi connectivity index (χ0v) is 14.9. The molecular formula is C18H15N7OS. The van der Waals surface area contributed by atoms with Crippen LogP contribution in [-0.4, -0.2) is 30.4 Å². The molecule has 0 atom stereocenters. The van der Waals surface area contributed by atoms with E-state index in [-0.39, 0.29) is 6.03 Å². The summed E-state index contributed by atoms with van der Waals surface area (Å²) in [4.78, 5) is 16.2. The Bertz CT molecular complexity index is 1010. The number of anilines is 2. The van der Waals surface area contributed by atoms with Crippen molar-refractivity contribution in [1.29, 1.82) is 0 Å². The zero-order valence-electron chi connectivity index (χ0n) is 14.1. The molecule has 27 heavy (non-hydrogen) atoms. The van der Waals surface area contributed by atoms with Crippen molar-refractivity contribution in [3.8, 4) is 11.3 Å². The number of rotatable bonds is 5. The number of carbonyl (C=O) groups is 1. The van der Waals surface area contributed by atoms with Gasteiger partial charge in [-0.1, -0.05) is 16.6 Å². The number of aromatic nitrogens is 5. The van der Waals surface area contributed by atoms with E-state index < -0.39 is 0 Å². The predicted octanol–water partition coefficient (Wildman–Crippen LogP) is 3.49. The summed E-state index contributed by atoms with van der Waals surface area (Å²) in [7, 11) is 0. The molecule has 0 aliphatic rings. The monoisotopic (exact) mass is 377 g/mol. The second-order valence-electron chi connectivity index (χ2n) is 5.73. The van der Waals surface area contributed by atoms with Gasteiger partial charge in [-0.05, 0) is 41.4 Å². The van der Waals surface area contributed by atoms with Crippen LogP contribution >= 0.6 is 11.5 Å². The lowest BCUT2D eigenvalue weighted by Crippen LogP contribution is -2.19. The molecule has 0 aliphatic carbocycles. The van der Waals surface area contributed by atoms with E-state index in [1.807, 2.05) is 41.8 Å². The minimum Gasteiger partial charge on any atom is -0.308 e. The quantitative estimate of drug-likeness (QED) is 0.555. The van der Waals surface area contributed by atoms with Crippen LogP contribution < -0.4 is 10.6 Å². The fourth-order valence-electron chi connectivity index (χ4n) is 2.50. The van der Waals surface area contributed by atoms with Gasteiger partial charge < -0.3 is 10.6 Å². The van der Waals surface area contributed by atoms with Crippen LogP contribution in [-0.2, 0) is 6.54 Å². The van der Waals surface area contributed by atoms with E-state index >= 15 is 0 Å². The third-order valence-corrected chi connectivity index (χ3v) is 4.29. The van der Waals surface area contributed by atoms with Crippen molar-refractivity contribution in [1.82, 2.24) is 24.4 Å². The summed E-state index contributed by atoms with van der Waals surface area (Å²) in [6.07, 6.45) is 6.86. The van der Waals surface area contributed by atoms with Crippen LogP contribution in [0.2, 0.25) is 0 Å². The number of carbonyl (C=O) groups excluding carboxylic acids is 1. The van der Waals surface area contributed by atoms with Gasteiger partial charge in [-0.25, -0.2) is 4.79 Å². The largest absolute Gasteiger partial charge is 0.323 e. The van der Waals surface area contributed by atoms with Crippen molar-refractivity contribution >= 4 is 28.9 Å². The standard InChI is InChI=1S/C18H15N7OS/c26-18(21-15-3-1-14(2-4-15)17-12-27-24-23-17)22-16-9-20-25(11-16)10-13-5-7-19-8-6-13/h1-9,11-12H,10H2,(H2,21,22,26). The third kappa shape index (κ3) is 4.33. The number of benzene rings is 1. The fraction of sp³-hybridized carbons (Fsp3) is 0.0556. The van der Waals surface area contributed by atoms with Gasteiger partial charge in [0, 0.05) is 35.2 Å². The van der Waals surface area contributed by atoms with E-state index in [1.54, 1.807) is 29.5 Å². The minimum atomic E-state index is -0.332. The van der Waals surface area contributed by atoms with Crippen molar-refractivity contribution in [3.63, 3.8) is 0 Å². The van der Waals surface area contributed by atoms with Gasteiger partial charge in [0.2, 0.25) is 0 Å². The molecule has 0 saturated carbocycles. The first kappa shape index (κ1) is 16.9. The molecule has 0 radical (unpaired) electrons. The zero-order chi connectivity index (χ0) is 18.5. The van der Waals surface area contributed by atoms with E-state index in [0.717, 1.165) is 16.8 Å². The number of hydrogen-bond acceptors (Lipinski definition) is 6. The summed E-state index contributed by atoms with van der Waals surface area (Å²) in [6, 6.07) is 10.9. The first-order valence-electron chi connectivity index (χ1n) is 8.13. The summed E-state index contributed by atoms with van der Waals surface area (Å²) in [5.74, 6) is 0. The number of nitrogens with one attached hydrogen (secondary N) is 2. The molecule has 0 spiro atoms. The van der Waals surface area contributed by atoms with E-state index in [0.29, 0.717) is 17.9 Å². The van der Waals surface area contributed by atoms with Crippen LogP contribution in [0, 0.1) is 0 Å². The highest BCUT2D eigenvalue weighted by Gasteiger charge is 2.06. The molecule has 0 aliphatic heterocycles. The van der Waals surface area contributed by atoms with Crippen LogP contribution in [0.1, 0.15) is 5.56 Å². The van der Waals surface area contributed by atoms with Crippen molar-refractivity contribution in [2.24, 2.45) is 0 Å². The number of urea groups is 1. The Labute approximate surface area is 159 Å². The smallest absolute Gasteiger partial charge is 0.308 e. The highest BCUT2D eigenvalue weighted by atomic mass is 32.1. The van der Waals surface area contributed by atoms with E-state index in [4.69, 9.17) is 0 Å². The Balaban J connectivity index is 1.34. The van der Waals surface area contributed by atoms with E-state index in [1.165, 1.54) is 11.5 Å². The van der Waals surface area contributed by atoms with Crippen LogP contribution in [0.25, 0.3) is 11.3 Å². The van der Waals surface area contributed by atoms with Gasteiger partial charge >= 0.3 is 6.03 Å². The second-order valence-corrected chi connectivity index (χ2v) is 6.34. The Morgan fingerprint density at radius 1 is 1.04 bits per heavy atom. The number of nitrogens with zero attached hydrogens (tertiary/aromatic N) is 5. The average Bonchev–Trinajstić information content (AvgIpc) is 3.36. The van der Waals surface area contributed by atoms with Crippen molar-refractivity contribution in [2.75, 3.05) is 10.6 Å². The maximum Gasteiger partial charge on any atom is 0.323 e. The molecule has 4 rings (SSSR count). The Kier molecular flexibility index (Phi) is 4.84. The molecule has 4 aromatic rings. The maximum atomic E-state index is 12.2. The number of hydrogen-bond donors (Lipinski definition) is 2. The van der Waals surface area contributed by atoms with Gasteiger partial charge in [-0.2, -0.15) is 5.10 Å². The van der Waals surface area contributed by atoms with Gasteiger partial charge in [0.1, 0.15) is 5.69 Å². The summed E-state index contributed by atoms with van der Waals surface area (Å²) in [5.41, 5.74) is 4.15. The van der Waals surface area contributed by atoms with E-state index in [2.05, 4.69) is 30.3 Å². The minimum absolute atomic E-state index is 0.332. The first-order chi connectivity index (χ1) is 13.3. The molecule has 1 aromatic carbocycles. The molecule has 9 heteroatoms. The lowest BCUT2D eigenvalue weighted by molar-refractivity contribution is 0.262. The number of pyridine rings is 1. The lowest BCUT2D eigenvalue weighted by Gasteiger charge is -2.06. The summed E-state index contributed by atoms with van der Waals surface area (Å²) >= 11 is 1.30. The van der Waals surface area contributed by atoms with Gasteiger partial charge in [0.25, 0.3) is 0 Å².